The second-order valence-corrected chi connectivity index (χ2v) is 5.53. The van der Waals surface area contributed by atoms with Gasteiger partial charge >= 0.3 is 0 Å². The topological polar surface area (TPSA) is 91.8 Å². The number of nitrogens with one attached hydrogen (secondary N) is 3. The SMILES string of the molecule is CCCCC(=O)NCCNc1ccc(Nc2cc(C)ccn2)nn1. The number of anilines is 3. The van der Waals surface area contributed by atoms with Gasteiger partial charge in [-0.25, -0.2) is 4.98 Å². The predicted molar refractivity (Wildman–Crippen MR) is 95.3 cm³/mol. The monoisotopic (exact) mass is 328 g/mol. The average molecular weight is 328 g/mol. The first-order chi connectivity index (χ1) is 11.7. The summed E-state index contributed by atoms with van der Waals surface area (Å²) in [5, 5.41) is 17.3. The van der Waals surface area contributed by atoms with E-state index in [0.29, 0.717) is 31.1 Å². The number of pyridine rings is 1. The van der Waals surface area contributed by atoms with Crippen molar-refractivity contribution in [2.24, 2.45) is 0 Å². The van der Waals surface area contributed by atoms with Crippen molar-refractivity contribution in [3.63, 3.8) is 0 Å². The summed E-state index contributed by atoms with van der Waals surface area (Å²) in [6.45, 7) is 5.25. The molecule has 2 rings (SSSR count). The van der Waals surface area contributed by atoms with Gasteiger partial charge in [0, 0.05) is 25.7 Å². The highest BCUT2D eigenvalue weighted by molar-refractivity contribution is 5.75. The van der Waals surface area contributed by atoms with Gasteiger partial charge in [0.15, 0.2) is 5.82 Å². The highest BCUT2D eigenvalue weighted by atomic mass is 16.1. The Hall–Kier alpha value is -2.70. The van der Waals surface area contributed by atoms with Crippen molar-refractivity contribution in [3.05, 3.63) is 36.0 Å². The summed E-state index contributed by atoms with van der Waals surface area (Å²) in [6.07, 6.45) is 4.29. The molecule has 0 aliphatic rings. The van der Waals surface area contributed by atoms with Crippen LogP contribution < -0.4 is 16.0 Å². The molecule has 128 valence electrons. The number of amides is 1. The largest absolute Gasteiger partial charge is 0.367 e. The lowest BCUT2D eigenvalue weighted by Gasteiger charge is -2.08. The van der Waals surface area contributed by atoms with E-state index in [9.17, 15) is 4.79 Å². The van der Waals surface area contributed by atoms with Crippen molar-refractivity contribution >= 4 is 23.4 Å². The molecule has 0 unspecified atom stereocenters. The number of rotatable bonds is 9. The molecule has 2 aromatic rings. The summed E-state index contributed by atoms with van der Waals surface area (Å²) >= 11 is 0. The van der Waals surface area contributed by atoms with Crippen molar-refractivity contribution in [3.8, 4) is 0 Å². The van der Waals surface area contributed by atoms with Gasteiger partial charge in [-0.15, -0.1) is 10.2 Å². The predicted octanol–water partition coefficient (Wildman–Crippen LogP) is 2.64. The Balaban J connectivity index is 1.73. The first-order valence-corrected chi connectivity index (χ1v) is 8.21. The normalized spacial score (nSPS) is 10.2. The molecule has 0 aliphatic carbocycles. The summed E-state index contributed by atoms with van der Waals surface area (Å²) in [5.74, 6) is 2.13. The molecule has 0 spiro atoms. The van der Waals surface area contributed by atoms with Gasteiger partial charge in [-0.1, -0.05) is 13.3 Å². The summed E-state index contributed by atoms with van der Waals surface area (Å²) in [7, 11) is 0. The van der Waals surface area contributed by atoms with Gasteiger partial charge < -0.3 is 16.0 Å². The van der Waals surface area contributed by atoms with Crippen LogP contribution in [0.3, 0.4) is 0 Å². The van der Waals surface area contributed by atoms with Crippen LogP contribution in [0.2, 0.25) is 0 Å². The van der Waals surface area contributed by atoms with Gasteiger partial charge in [0.05, 0.1) is 0 Å². The zero-order valence-electron chi connectivity index (χ0n) is 14.2. The molecule has 0 radical (unpaired) electrons. The van der Waals surface area contributed by atoms with Crippen LogP contribution in [0.5, 0.6) is 0 Å². The molecule has 0 aliphatic heterocycles. The standard InChI is InChI=1S/C17H24N6O/c1-3-4-5-17(24)20-11-10-19-14-6-7-15(23-22-14)21-16-12-13(2)8-9-18-16/h6-9,12H,3-5,10-11H2,1-2H3,(H,19,22)(H,20,24)(H,18,21,23). The first kappa shape index (κ1) is 17.7. The number of carbonyl (C=O) groups excluding carboxylic acids is 1. The van der Waals surface area contributed by atoms with E-state index in [0.717, 1.165) is 24.2 Å². The molecule has 1 amide bonds. The third-order valence-electron chi connectivity index (χ3n) is 3.35. The Bertz CT molecular complexity index is 644. The second kappa shape index (κ2) is 9.44. The van der Waals surface area contributed by atoms with Gasteiger partial charge in [0.1, 0.15) is 11.6 Å². The molecule has 0 bridgehead atoms. The number of nitrogens with zero attached hydrogens (tertiary/aromatic N) is 3. The Morgan fingerprint density at radius 2 is 1.88 bits per heavy atom. The van der Waals surface area contributed by atoms with Crippen LogP contribution in [-0.4, -0.2) is 34.2 Å². The van der Waals surface area contributed by atoms with E-state index in [4.69, 9.17) is 0 Å². The van der Waals surface area contributed by atoms with Gasteiger partial charge in [-0.3, -0.25) is 4.79 Å². The average Bonchev–Trinajstić information content (AvgIpc) is 2.58. The number of hydrogen-bond donors (Lipinski definition) is 3. The van der Waals surface area contributed by atoms with E-state index in [1.807, 2.05) is 31.2 Å². The minimum Gasteiger partial charge on any atom is -0.367 e. The Kier molecular flexibility index (Phi) is 6.94. The van der Waals surface area contributed by atoms with Crippen LogP contribution in [0.25, 0.3) is 0 Å². The molecule has 2 heterocycles. The van der Waals surface area contributed by atoms with Crippen LogP contribution in [0.4, 0.5) is 17.5 Å². The number of aromatic nitrogens is 3. The molecule has 0 fully saturated rings. The minimum atomic E-state index is 0.0925. The van der Waals surface area contributed by atoms with E-state index in [1.165, 1.54) is 0 Å². The number of carbonyl (C=O) groups is 1. The molecule has 7 heteroatoms. The molecule has 0 atom stereocenters. The van der Waals surface area contributed by atoms with Crippen molar-refractivity contribution in [1.82, 2.24) is 20.5 Å². The molecule has 0 aromatic carbocycles. The van der Waals surface area contributed by atoms with Crippen LogP contribution in [0.1, 0.15) is 31.7 Å². The van der Waals surface area contributed by atoms with Crippen molar-refractivity contribution in [2.45, 2.75) is 33.1 Å². The Morgan fingerprint density at radius 3 is 2.58 bits per heavy atom. The van der Waals surface area contributed by atoms with Crippen molar-refractivity contribution < 1.29 is 4.79 Å². The van der Waals surface area contributed by atoms with Crippen LogP contribution in [0, 0.1) is 6.92 Å². The van der Waals surface area contributed by atoms with Crippen molar-refractivity contribution in [2.75, 3.05) is 23.7 Å². The quantitative estimate of drug-likeness (QED) is 0.613. The van der Waals surface area contributed by atoms with E-state index < -0.39 is 0 Å². The van der Waals surface area contributed by atoms with E-state index in [-0.39, 0.29) is 5.91 Å². The lowest BCUT2D eigenvalue weighted by Crippen LogP contribution is -2.28. The first-order valence-electron chi connectivity index (χ1n) is 8.21. The van der Waals surface area contributed by atoms with E-state index in [2.05, 4.69) is 38.1 Å². The summed E-state index contributed by atoms with van der Waals surface area (Å²) < 4.78 is 0. The van der Waals surface area contributed by atoms with Gasteiger partial charge in [0.25, 0.3) is 0 Å². The Morgan fingerprint density at radius 1 is 1.08 bits per heavy atom. The molecular weight excluding hydrogens is 304 g/mol. The second-order valence-electron chi connectivity index (χ2n) is 5.53. The highest BCUT2D eigenvalue weighted by Crippen LogP contribution is 2.13. The molecule has 3 N–H and O–H groups in total. The molecule has 2 aromatic heterocycles. The lowest BCUT2D eigenvalue weighted by molar-refractivity contribution is -0.121. The maximum atomic E-state index is 11.5. The van der Waals surface area contributed by atoms with E-state index in [1.54, 1.807) is 6.20 Å². The highest BCUT2D eigenvalue weighted by Gasteiger charge is 2.01. The van der Waals surface area contributed by atoms with Crippen molar-refractivity contribution in [1.29, 1.82) is 0 Å². The fourth-order valence-corrected chi connectivity index (χ4v) is 2.05. The molecule has 0 saturated carbocycles. The summed E-state index contributed by atoms with van der Waals surface area (Å²) in [5.41, 5.74) is 1.12. The van der Waals surface area contributed by atoms with Gasteiger partial charge in [-0.2, -0.15) is 0 Å². The lowest BCUT2D eigenvalue weighted by atomic mass is 10.2. The number of aryl methyl sites for hydroxylation is 1. The van der Waals surface area contributed by atoms with Crippen LogP contribution in [-0.2, 0) is 4.79 Å². The van der Waals surface area contributed by atoms with E-state index >= 15 is 0 Å². The third kappa shape index (κ3) is 6.20. The van der Waals surface area contributed by atoms with Crippen LogP contribution >= 0.6 is 0 Å². The molecule has 24 heavy (non-hydrogen) atoms. The van der Waals surface area contributed by atoms with Gasteiger partial charge in [0.2, 0.25) is 5.91 Å². The summed E-state index contributed by atoms with van der Waals surface area (Å²) in [6, 6.07) is 7.54. The smallest absolute Gasteiger partial charge is 0.220 e. The maximum Gasteiger partial charge on any atom is 0.220 e. The molecular formula is C17H24N6O. The molecule has 7 nitrogen and oxygen atoms in total. The number of hydrogen-bond acceptors (Lipinski definition) is 6. The third-order valence-corrected chi connectivity index (χ3v) is 3.35. The van der Waals surface area contributed by atoms with Gasteiger partial charge in [-0.05, 0) is 43.2 Å². The maximum absolute atomic E-state index is 11.5. The molecule has 0 saturated heterocycles. The fourth-order valence-electron chi connectivity index (χ4n) is 2.05. The zero-order chi connectivity index (χ0) is 17.2. The zero-order valence-corrected chi connectivity index (χ0v) is 14.2. The minimum absolute atomic E-state index is 0.0925. The van der Waals surface area contributed by atoms with Crippen LogP contribution in [0.15, 0.2) is 30.5 Å². The summed E-state index contributed by atoms with van der Waals surface area (Å²) in [4.78, 5) is 15.7. The number of unbranched alkanes of at least 4 members (excludes halogenated alkanes) is 1. The fraction of sp³-hybridized carbons (Fsp3) is 0.412. The Labute approximate surface area is 142 Å².